The van der Waals surface area contributed by atoms with Crippen molar-refractivity contribution < 1.29 is 9.21 Å². The molecule has 0 spiro atoms. The number of furan rings is 1. The fourth-order valence-corrected chi connectivity index (χ4v) is 3.24. The van der Waals surface area contributed by atoms with Crippen LogP contribution in [0.15, 0.2) is 28.7 Å². The van der Waals surface area contributed by atoms with E-state index in [2.05, 4.69) is 5.32 Å². The third-order valence-electron chi connectivity index (χ3n) is 4.72. The van der Waals surface area contributed by atoms with Crippen molar-refractivity contribution in [2.24, 2.45) is 17.8 Å². The molecule has 21 heavy (non-hydrogen) atoms. The van der Waals surface area contributed by atoms with Gasteiger partial charge in [-0.3, -0.25) is 4.79 Å². The van der Waals surface area contributed by atoms with Gasteiger partial charge in [0, 0.05) is 17.6 Å². The molecule has 2 aliphatic rings. The molecule has 1 aromatic heterocycles. The maximum atomic E-state index is 12.3. The van der Waals surface area contributed by atoms with Crippen molar-refractivity contribution in [1.29, 1.82) is 0 Å². The van der Waals surface area contributed by atoms with E-state index in [4.69, 9.17) is 10.2 Å². The van der Waals surface area contributed by atoms with Crippen LogP contribution in [-0.4, -0.2) is 12.5 Å². The van der Waals surface area contributed by atoms with Crippen molar-refractivity contribution in [3.05, 3.63) is 30.0 Å². The molecule has 2 saturated carbocycles. The maximum Gasteiger partial charge on any atom is 0.287 e. The highest BCUT2D eigenvalue weighted by Crippen LogP contribution is 2.48. The van der Waals surface area contributed by atoms with Gasteiger partial charge in [-0.15, -0.1) is 0 Å². The Bertz CT molecular complexity index is 671. The third-order valence-corrected chi connectivity index (χ3v) is 4.72. The van der Waals surface area contributed by atoms with E-state index in [9.17, 15) is 4.79 Å². The summed E-state index contributed by atoms with van der Waals surface area (Å²) in [6, 6.07) is 7.18. The highest BCUT2D eigenvalue weighted by Gasteiger charge is 2.41. The molecule has 2 aromatic rings. The molecule has 3 N–H and O–H groups in total. The average Bonchev–Trinajstić information content (AvgIpc) is 3.37. The van der Waals surface area contributed by atoms with Crippen LogP contribution in [-0.2, 0) is 0 Å². The van der Waals surface area contributed by atoms with Gasteiger partial charge in [0.15, 0.2) is 5.76 Å². The molecule has 0 aliphatic heterocycles. The summed E-state index contributed by atoms with van der Waals surface area (Å²) in [4.78, 5) is 12.3. The summed E-state index contributed by atoms with van der Waals surface area (Å²) < 4.78 is 5.60. The number of hydrogen-bond acceptors (Lipinski definition) is 3. The zero-order chi connectivity index (χ0) is 14.4. The quantitative estimate of drug-likeness (QED) is 0.829. The van der Waals surface area contributed by atoms with Crippen molar-refractivity contribution in [3.8, 4) is 0 Å². The number of nitrogens with two attached hydrogens (primary N) is 1. The van der Waals surface area contributed by atoms with Crippen LogP contribution in [0, 0.1) is 17.8 Å². The summed E-state index contributed by atoms with van der Waals surface area (Å²) in [5.74, 6) is 2.62. The van der Waals surface area contributed by atoms with Crippen molar-refractivity contribution in [2.75, 3.05) is 12.3 Å². The molecule has 1 aromatic carbocycles. The van der Waals surface area contributed by atoms with E-state index in [0.717, 1.165) is 23.8 Å². The van der Waals surface area contributed by atoms with Gasteiger partial charge in [0.1, 0.15) is 5.58 Å². The minimum atomic E-state index is -0.115. The second-order valence-corrected chi connectivity index (χ2v) is 6.46. The van der Waals surface area contributed by atoms with Gasteiger partial charge in [-0.05, 0) is 67.7 Å². The van der Waals surface area contributed by atoms with Gasteiger partial charge in [0.25, 0.3) is 5.91 Å². The molecule has 0 atom stereocenters. The Morgan fingerprint density at radius 3 is 2.62 bits per heavy atom. The molecule has 0 unspecified atom stereocenters. The van der Waals surface area contributed by atoms with Crippen LogP contribution < -0.4 is 11.1 Å². The standard InChI is InChI=1S/C17H20N2O2/c18-13-5-6-15-12(7-13)8-16(21-15)17(20)19-9-14(10-1-2-10)11-3-4-11/h5-8,10-11,14H,1-4,9,18H2,(H,19,20). The monoisotopic (exact) mass is 284 g/mol. The highest BCUT2D eigenvalue weighted by atomic mass is 16.3. The molecule has 0 radical (unpaired) electrons. The zero-order valence-electron chi connectivity index (χ0n) is 12.0. The molecule has 1 amide bonds. The second kappa shape index (κ2) is 4.79. The number of carbonyl (C=O) groups excluding carboxylic acids is 1. The first-order valence-corrected chi connectivity index (χ1v) is 7.78. The van der Waals surface area contributed by atoms with Crippen LogP contribution in [0.1, 0.15) is 36.2 Å². The Morgan fingerprint density at radius 1 is 1.24 bits per heavy atom. The fraction of sp³-hybridized carbons (Fsp3) is 0.471. The number of nitrogen functional groups attached to an aromatic ring is 1. The molecular weight excluding hydrogens is 264 g/mol. The van der Waals surface area contributed by atoms with Crippen LogP contribution in [0.2, 0.25) is 0 Å². The lowest BCUT2D eigenvalue weighted by atomic mass is 9.98. The summed E-state index contributed by atoms with van der Waals surface area (Å²) >= 11 is 0. The molecule has 0 saturated heterocycles. The minimum absolute atomic E-state index is 0.115. The van der Waals surface area contributed by atoms with E-state index in [0.29, 0.717) is 22.9 Å². The number of amides is 1. The predicted molar refractivity (Wildman–Crippen MR) is 81.9 cm³/mol. The summed E-state index contributed by atoms with van der Waals surface area (Å²) in [5, 5.41) is 3.93. The van der Waals surface area contributed by atoms with E-state index in [1.54, 1.807) is 18.2 Å². The zero-order valence-corrected chi connectivity index (χ0v) is 12.0. The summed E-state index contributed by atoms with van der Waals surface area (Å²) in [7, 11) is 0. The van der Waals surface area contributed by atoms with E-state index in [-0.39, 0.29) is 5.91 Å². The number of benzene rings is 1. The lowest BCUT2D eigenvalue weighted by Gasteiger charge is -2.15. The van der Waals surface area contributed by atoms with Crippen LogP contribution >= 0.6 is 0 Å². The fourth-order valence-electron chi connectivity index (χ4n) is 3.24. The Balaban J connectivity index is 1.45. The molecule has 110 valence electrons. The summed E-state index contributed by atoms with van der Waals surface area (Å²) in [5.41, 5.74) is 7.13. The Morgan fingerprint density at radius 2 is 1.95 bits per heavy atom. The van der Waals surface area contributed by atoms with Gasteiger partial charge in [-0.2, -0.15) is 0 Å². The Labute approximate surface area is 123 Å². The molecule has 4 rings (SSSR count). The van der Waals surface area contributed by atoms with E-state index >= 15 is 0 Å². The first-order valence-electron chi connectivity index (χ1n) is 7.78. The molecule has 2 fully saturated rings. The third kappa shape index (κ3) is 2.62. The van der Waals surface area contributed by atoms with Crippen LogP contribution in [0.4, 0.5) is 5.69 Å². The Kier molecular flexibility index (Phi) is 2.91. The first kappa shape index (κ1) is 12.7. The van der Waals surface area contributed by atoms with E-state index in [1.807, 2.05) is 6.07 Å². The van der Waals surface area contributed by atoms with Crippen molar-refractivity contribution >= 4 is 22.6 Å². The van der Waals surface area contributed by atoms with E-state index < -0.39 is 0 Å². The van der Waals surface area contributed by atoms with Crippen LogP contribution in [0.5, 0.6) is 0 Å². The maximum absolute atomic E-state index is 12.3. The van der Waals surface area contributed by atoms with Crippen LogP contribution in [0.25, 0.3) is 11.0 Å². The van der Waals surface area contributed by atoms with Gasteiger partial charge < -0.3 is 15.5 Å². The number of nitrogens with one attached hydrogen (secondary N) is 1. The molecule has 4 nitrogen and oxygen atoms in total. The first-order chi connectivity index (χ1) is 10.2. The minimum Gasteiger partial charge on any atom is -0.451 e. The van der Waals surface area contributed by atoms with Gasteiger partial charge in [-0.1, -0.05) is 0 Å². The second-order valence-electron chi connectivity index (χ2n) is 6.46. The molecule has 4 heteroatoms. The van der Waals surface area contributed by atoms with Gasteiger partial charge in [-0.25, -0.2) is 0 Å². The molecule has 1 heterocycles. The topological polar surface area (TPSA) is 68.3 Å². The van der Waals surface area contributed by atoms with Crippen molar-refractivity contribution in [3.63, 3.8) is 0 Å². The molecular formula is C17H20N2O2. The average molecular weight is 284 g/mol. The van der Waals surface area contributed by atoms with Gasteiger partial charge >= 0.3 is 0 Å². The van der Waals surface area contributed by atoms with Crippen molar-refractivity contribution in [2.45, 2.75) is 25.7 Å². The lowest BCUT2D eigenvalue weighted by molar-refractivity contribution is 0.0918. The smallest absolute Gasteiger partial charge is 0.287 e. The Hall–Kier alpha value is -1.97. The largest absolute Gasteiger partial charge is 0.451 e. The normalized spacial score (nSPS) is 18.3. The van der Waals surface area contributed by atoms with Gasteiger partial charge in [0.2, 0.25) is 0 Å². The van der Waals surface area contributed by atoms with Crippen LogP contribution in [0.3, 0.4) is 0 Å². The number of carbonyl (C=O) groups is 1. The summed E-state index contributed by atoms with van der Waals surface area (Å²) in [6.45, 7) is 0.785. The molecule has 2 aliphatic carbocycles. The number of hydrogen-bond donors (Lipinski definition) is 2. The number of anilines is 1. The highest BCUT2D eigenvalue weighted by molar-refractivity contribution is 5.96. The summed E-state index contributed by atoms with van der Waals surface area (Å²) in [6.07, 6.45) is 5.34. The van der Waals surface area contributed by atoms with Crippen molar-refractivity contribution in [1.82, 2.24) is 5.32 Å². The molecule has 0 bridgehead atoms. The number of fused-ring (bicyclic) bond motifs is 1. The number of rotatable bonds is 5. The van der Waals surface area contributed by atoms with E-state index in [1.165, 1.54) is 25.7 Å². The van der Waals surface area contributed by atoms with Gasteiger partial charge in [0.05, 0.1) is 0 Å². The lowest BCUT2D eigenvalue weighted by Crippen LogP contribution is -2.30. The SMILES string of the molecule is Nc1ccc2oc(C(=O)NCC(C3CC3)C3CC3)cc2c1. The predicted octanol–water partition coefficient (Wildman–Crippen LogP) is 3.18.